The van der Waals surface area contributed by atoms with E-state index in [9.17, 15) is 4.79 Å². The largest absolute Gasteiger partial charge is 0.494 e. The molecule has 0 bridgehead atoms. The lowest BCUT2D eigenvalue weighted by Crippen LogP contribution is -2.36. The number of hydrogen-bond donors (Lipinski definition) is 1. The number of anilines is 1. The van der Waals surface area contributed by atoms with Crippen molar-refractivity contribution in [2.75, 3.05) is 18.5 Å². The number of amides is 1. The van der Waals surface area contributed by atoms with E-state index in [4.69, 9.17) is 4.74 Å². The van der Waals surface area contributed by atoms with Crippen LogP contribution in [-0.2, 0) is 11.3 Å². The van der Waals surface area contributed by atoms with Gasteiger partial charge in [0.25, 0.3) is 5.91 Å². The summed E-state index contributed by atoms with van der Waals surface area (Å²) in [6, 6.07) is 17.5. The van der Waals surface area contributed by atoms with Crippen LogP contribution in [0.4, 0.5) is 5.69 Å². The molecular formula is C18H19N3O2. The SMILES string of the molecule is CCOc1ccc(NC2=NCC(=O)N2Cc2ccccc2)cc1. The highest BCUT2D eigenvalue weighted by atomic mass is 16.5. The number of ether oxygens (including phenoxy) is 1. The van der Waals surface area contributed by atoms with E-state index in [0.717, 1.165) is 17.0 Å². The Labute approximate surface area is 135 Å². The van der Waals surface area contributed by atoms with E-state index in [-0.39, 0.29) is 12.5 Å². The maximum atomic E-state index is 12.1. The summed E-state index contributed by atoms with van der Waals surface area (Å²) in [5.41, 5.74) is 1.95. The fraction of sp³-hybridized carbons (Fsp3) is 0.222. The number of hydrogen-bond acceptors (Lipinski definition) is 4. The van der Waals surface area contributed by atoms with E-state index < -0.39 is 0 Å². The molecular weight excluding hydrogens is 290 g/mol. The van der Waals surface area contributed by atoms with E-state index in [1.165, 1.54) is 0 Å². The summed E-state index contributed by atoms with van der Waals surface area (Å²) in [7, 11) is 0. The minimum atomic E-state index is 0.00212. The fourth-order valence-corrected chi connectivity index (χ4v) is 2.40. The molecule has 0 radical (unpaired) electrons. The third-order valence-corrected chi connectivity index (χ3v) is 3.53. The first-order chi connectivity index (χ1) is 11.3. The van der Waals surface area contributed by atoms with Gasteiger partial charge in [0.2, 0.25) is 5.96 Å². The zero-order chi connectivity index (χ0) is 16.1. The Balaban J connectivity index is 1.69. The summed E-state index contributed by atoms with van der Waals surface area (Å²) in [4.78, 5) is 18.0. The molecule has 1 aliphatic heterocycles. The van der Waals surface area contributed by atoms with Crippen LogP contribution in [0, 0.1) is 0 Å². The lowest BCUT2D eigenvalue weighted by atomic mass is 10.2. The number of guanidine groups is 1. The van der Waals surface area contributed by atoms with Crippen LogP contribution >= 0.6 is 0 Å². The molecule has 0 atom stereocenters. The Morgan fingerprint density at radius 2 is 1.87 bits per heavy atom. The number of benzene rings is 2. The number of carbonyl (C=O) groups excluding carboxylic acids is 1. The molecule has 0 aliphatic carbocycles. The molecule has 1 aliphatic rings. The van der Waals surface area contributed by atoms with Crippen LogP contribution in [0.1, 0.15) is 12.5 Å². The van der Waals surface area contributed by atoms with Crippen LogP contribution in [0.15, 0.2) is 59.6 Å². The standard InChI is InChI=1S/C18H19N3O2/c1-2-23-16-10-8-15(9-11-16)20-18-19-12-17(22)21(18)13-14-6-4-3-5-7-14/h3-11H,2,12-13H2,1H3,(H,19,20). The average Bonchev–Trinajstić information content (AvgIpc) is 2.91. The van der Waals surface area contributed by atoms with Crippen molar-refractivity contribution in [3.8, 4) is 5.75 Å². The van der Waals surface area contributed by atoms with Crippen LogP contribution in [-0.4, -0.2) is 29.9 Å². The van der Waals surface area contributed by atoms with Crippen molar-refractivity contribution < 1.29 is 9.53 Å². The second kappa shape index (κ2) is 6.96. The van der Waals surface area contributed by atoms with Gasteiger partial charge in [0.15, 0.2) is 0 Å². The molecule has 1 amide bonds. The van der Waals surface area contributed by atoms with Gasteiger partial charge >= 0.3 is 0 Å². The van der Waals surface area contributed by atoms with Gasteiger partial charge in [-0.15, -0.1) is 0 Å². The third kappa shape index (κ3) is 3.69. The summed E-state index contributed by atoms with van der Waals surface area (Å²) in [6.45, 7) is 3.29. The highest BCUT2D eigenvalue weighted by Crippen LogP contribution is 2.18. The molecule has 0 fully saturated rings. The Morgan fingerprint density at radius 3 is 2.57 bits per heavy atom. The van der Waals surface area contributed by atoms with Crippen molar-refractivity contribution in [3.05, 3.63) is 60.2 Å². The Kier molecular flexibility index (Phi) is 4.57. The van der Waals surface area contributed by atoms with Crippen LogP contribution in [0.5, 0.6) is 5.75 Å². The van der Waals surface area contributed by atoms with Gasteiger partial charge in [-0.3, -0.25) is 9.69 Å². The number of carbonyl (C=O) groups is 1. The van der Waals surface area contributed by atoms with E-state index in [0.29, 0.717) is 19.1 Å². The normalized spacial score (nSPS) is 13.9. The summed E-state index contributed by atoms with van der Waals surface area (Å²) < 4.78 is 5.43. The molecule has 0 saturated carbocycles. The molecule has 2 aromatic rings. The highest BCUT2D eigenvalue weighted by Gasteiger charge is 2.25. The van der Waals surface area contributed by atoms with E-state index >= 15 is 0 Å². The predicted molar refractivity (Wildman–Crippen MR) is 90.5 cm³/mol. The van der Waals surface area contributed by atoms with Gasteiger partial charge in [-0.25, -0.2) is 4.99 Å². The number of aliphatic imine (C=N–C) groups is 1. The molecule has 3 rings (SSSR count). The molecule has 5 heteroatoms. The molecule has 0 unspecified atom stereocenters. The van der Waals surface area contributed by atoms with Crippen molar-refractivity contribution >= 4 is 17.6 Å². The number of nitrogens with zero attached hydrogens (tertiary/aromatic N) is 2. The van der Waals surface area contributed by atoms with Gasteiger partial charge in [-0.1, -0.05) is 30.3 Å². The van der Waals surface area contributed by atoms with Crippen molar-refractivity contribution in [1.82, 2.24) is 4.90 Å². The molecule has 0 spiro atoms. The molecule has 23 heavy (non-hydrogen) atoms. The zero-order valence-corrected chi connectivity index (χ0v) is 13.0. The first-order valence-electron chi connectivity index (χ1n) is 7.65. The molecule has 1 heterocycles. The first kappa shape index (κ1) is 15.1. The minimum Gasteiger partial charge on any atom is -0.494 e. The van der Waals surface area contributed by atoms with Gasteiger partial charge in [0, 0.05) is 5.69 Å². The molecule has 0 aromatic heterocycles. The van der Waals surface area contributed by atoms with Crippen molar-refractivity contribution in [1.29, 1.82) is 0 Å². The Hall–Kier alpha value is -2.82. The second-order valence-corrected chi connectivity index (χ2v) is 5.19. The van der Waals surface area contributed by atoms with Crippen molar-refractivity contribution in [2.45, 2.75) is 13.5 Å². The smallest absolute Gasteiger partial charge is 0.251 e. The summed E-state index contributed by atoms with van der Waals surface area (Å²) >= 11 is 0. The molecule has 118 valence electrons. The first-order valence-corrected chi connectivity index (χ1v) is 7.65. The predicted octanol–water partition coefficient (Wildman–Crippen LogP) is 2.90. The molecule has 0 saturated heterocycles. The third-order valence-electron chi connectivity index (χ3n) is 3.53. The van der Waals surface area contributed by atoms with Gasteiger partial charge in [0.1, 0.15) is 12.3 Å². The van der Waals surface area contributed by atoms with Gasteiger partial charge in [0.05, 0.1) is 13.2 Å². The fourth-order valence-electron chi connectivity index (χ4n) is 2.40. The van der Waals surface area contributed by atoms with Crippen LogP contribution in [0.3, 0.4) is 0 Å². The van der Waals surface area contributed by atoms with Gasteiger partial charge < -0.3 is 10.1 Å². The van der Waals surface area contributed by atoms with Crippen LogP contribution < -0.4 is 10.1 Å². The van der Waals surface area contributed by atoms with E-state index in [1.54, 1.807) is 4.90 Å². The Morgan fingerprint density at radius 1 is 1.13 bits per heavy atom. The number of nitrogens with one attached hydrogen (secondary N) is 1. The monoisotopic (exact) mass is 309 g/mol. The van der Waals surface area contributed by atoms with E-state index in [1.807, 2.05) is 61.5 Å². The summed E-state index contributed by atoms with van der Waals surface area (Å²) in [5, 5.41) is 3.21. The zero-order valence-electron chi connectivity index (χ0n) is 13.0. The molecule has 2 aromatic carbocycles. The van der Waals surface area contributed by atoms with Crippen LogP contribution in [0.25, 0.3) is 0 Å². The topological polar surface area (TPSA) is 53.9 Å². The lowest BCUT2D eigenvalue weighted by Gasteiger charge is -2.19. The summed E-state index contributed by atoms with van der Waals surface area (Å²) in [5.74, 6) is 1.41. The van der Waals surface area contributed by atoms with Gasteiger partial charge in [-0.05, 0) is 36.8 Å². The highest BCUT2D eigenvalue weighted by molar-refractivity contribution is 6.08. The quantitative estimate of drug-likeness (QED) is 0.924. The molecule has 1 N–H and O–H groups in total. The Bertz CT molecular complexity index is 696. The maximum Gasteiger partial charge on any atom is 0.251 e. The summed E-state index contributed by atoms with van der Waals surface area (Å²) in [6.07, 6.45) is 0. The van der Waals surface area contributed by atoms with E-state index in [2.05, 4.69) is 10.3 Å². The maximum absolute atomic E-state index is 12.1. The minimum absolute atomic E-state index is 0.00212. The average molecular weight is 309 g/mol. The van der Waals surface area contributed by atoms with Crippen LogP contribution in [0.2, 0.25) is 0 Å². The number of rotatable bonds is 5. The van der Waals surface area contributed by atoms with Gasteiger partial charge in [-0.2, -0.15) is 0 Å². The van der Waals surface area contributed by atoms with Crippen molar-refractivity contribution in [2.24, 2.45) is 4.99 Å². The van der Waals surface area contributed by atoms with Crippen molar-refractivity contribution in [3.63, 3.8) is 0 Å². The lowest BCUT2D eigenvalue weighted by molar-refractivity contribution is -0.125. The second-order valence-electron chi connectivity index (χ2n) is 5.19. The molecule has 5 nitrogen and oxygen atoms in total.